The molecule has 0 aliphatic heterocycles. The number of rotatable bonds is 2. The topological polar surface area (TPSA) is 38.9 Å². The Hall–Kier alpha value is -0.600. The second kappa shape index (κ2) is 3.69. The molecule has 1 aromatic heterocycles. The Morgan fingerprint density at radius 2 is 2.45 bits per heavy atom. The Kier molecular flexibility index (Phi) is 2.85. The van der Waals surface area contributed by atoms with E-state index in [0.29, 0.717) is 5.15 Å². The normalized spacial score (nSPS) is 13.0. The third-order valence-corrected chi connectivity index (χ3v) is 1.94. The van der Waals surface area contributed by atoms with Gasteiger partial charge < -0.3 is 5.73 Å². The zero-order valence-corrected chi connectivity index (χ0v) is 7.17. The summed E-state index contributed by atoms with van der Waals surface area (Å²) in [5, 5.41) is 0.516. The average Bonchev–Trinajstić information content (AvgIpc) is 2.04. The van der Waals surface area contributed by atoms with Crippen molar-refractivity contribution in [2.75, 3.05) is 0 Å². The molecule has 0 unspecified atom stereocenters. The highest BCUT2D eigenvalue weighted by Gasteiger charge is 2.06. The molecule has 0 aromatic carbocycles. The molecule has 1 heterocycles. The van der Waals surface area contributed by atoms with Gasteiger partial charge in [0.05, 0.1) is 0 Å². The van der Waals surface area contributed by atoms with Crippen molar-refractivity contribution in [2.24, 2.45) is 5.73 Å². The van der Waals surface area contributed by atoms with Crippen molar-refractivity contribution in [3.63, 3.8) is 0 Å². The largest absolute Gasteiger partial charge is 0.324 e. The van der Waals surface area contributed by atoms with Gasteiger partial charge in [0.1, 0.15) is 5.15 Å². The van der Waals surface area contributed by atoms with E-state index in [1.807, 2.05) is 19.1 Å². The SMILES string of the molecule is CC[C@H](N)c1cccnc1Cl. The zero-order chi connectivity index (χ0) is 8.27. The first-order valence-corrected chi connectivity index (χ1v) is 3.99. The van der Waals surface area contributed by atoms with Crippen LogP contribution in [-0.2, 0) is 0 Å². The third-order valence-electron chi connectivity index (χ3n) is 1.63. The number of hydrogen-bond donors (Lipinski definition) is 1. The minimum absolute atomic E-state index is 0.0104. The van der Waals surface area contributed by atoms with Crippen molar-refractivity contribution in [1.82, 2.24) is 4.98 Å². The van der Waals surface area contributed by atoms with E-state index in [1.54, 1.807) is 6.20 Å². The molecule has 0 spiro atoms. The van der Waals surface area contributed by atoms with Crippen molar-refractivity contribution in [3.8, 4) is 0 Å². The molecule has 0 aliphatic carbocycles. The monoisotopic (exact) mass is 170 g/mol. The first kappa shape index (κ1) is 8.50. The smallest absolute Gasteiger partial charge is 0.133 e. The van der Waals surface area contributed by atoms with E-state index in [4.69, 9.17) is 17.3 Å². The van der Waals surface area contributed by atoms with Gasteiger partial charge in [0.2, 0.25) is 0 Å². The van der Waals surface area contributed by atoms with E-state index in [-0.39, 0.29) is 6.04 Å². The summed E-state index contributed by atoms with van der Waals surface area (Å²) in [5.74, 6) is 0. The Morgan fingerprint density at radius 3 is 3.00 bits per heavy atom. The number of aromatic nitrogens is 1. The van der Waals surface area contributed by atoms with Gasteiger partial charge in [-0.3, -0.25) is 0 Å². The maximum atomic E-state index is 5.81. The van der Waals surface area contributed by atoms with E-state index in [0.717, 1.165) is 12.0 Å². The maximum Gasteiger partial charge on any atom is 0.133 e. The predicted molar refractivity (Wildman–Crippen MR) is 46.5 cm³/mol. The van der Waals surface area contributed by atoms with E-state index in [9.17, 15) is 0 Å². The molecule has 0 saturated heterocycles. The molecule has 3 heteroatoms. The summed E-state index contributed by atoms with van der Waals surface area (Å²) in [5.41, 5.74) is 6.70. The van der Waals surface area contributed by atoms with Gasteiger partial charge in [-0.2, -0.15) is 0 Å². The van der Waals surface area contributed by atoms with Crippen LogP contribution in [-0.4, -0.2) is 4.98 Å². The molecule has 60 valence electrons. The van der Waals surface area contributed by atoms with Gasteiger partial charge in [0, 0.05) is 17.8 Å². The number of halogens is 1. The molecule has 0 aliphatic rings. The number of pyridine rings is 1. The van der Waals surface area contributed by atoms with Crippen LogP contribution in [0.2, 0.25) is 5.15 Å². The highest BCUT2D eigenvalue weighted by atomic mass is 35.5. The van der Waals surface area contributed by atoms with E-state index >= 15 is 0 Å². The quantitative estimate of drug-likeness (QED) is 0.691. The molecule has 0 bridgehead atoms. The lowest BCUT2D eigenvalue weighted by Gasteiger charge is -2.08. The van der Waals surface area contributed by atoms with Gasteiger partial charge >= 0.3 is 0 Å². The summed E-state index contributed by atoms with van der Waals surface area (Å²) >= 11 is 5.81. The van der Waals surface area contributed by atoms with Crippen molar-refractivity contribution in [3.05, 3.63) is 29.0 Å². The maximum absolute atomic E-state index is 5.81. The lowest BCUT2D eigenvalue weighted by molar-refractivity contribution is 0.695. The van der Waals surface area contributed by atoms with Gasteiger partial charge in [-0.25, -0.2) is 4.98 Å². The van der Waals surface area contributed by atoms with Crippen LogP contribution in [0, 0.1) is 0 Å². The number of hydrogen-bond acceptors (Lipinski definition) is 2. The Morgan fingerprint density at radius 1 is 1.73 bits per heavy atom. The van der Waals surface area contributed by atoms with Crippen LogP contribution in [0.1, 0.15) is 24.9 Å². The summed E-state index contributed by atoms with van der Waals surface area (Å²) < 4.78 is 0. The Balaban J connectivity index is 2.93. The molecule has 2 nitrogen and oxygen atoms in total. The summed E-state index contributed by atoms with van der Waals surface area (Å²) in [6, 6.07) is 3.76. The summed E-state index contributed by atoms with van der Waals surface area (Å²) in [6.07, 6.45) is 2.54. The van der Waals surface area contributed by atoms with Crippen molar-refractivity contribution in [2.45, 2.75) is 19.4 Å². The highest BCUT2D eigenvalue weighted by Crippen LogP contribution is 2.19. The molecule has 1 rings (SSSR count). The van der Waals surface area contributed by atoms with Crippen LogP contribution in [0.5, 0.6) is 0 Å². The molecule has 11 heavy (non-hydrogen) atoms. The van der Waals surface area contributed by atoms with Crippen LogP contribution in [0.4, 0.5) is 0 Å². The molecule has 1 aromatic rings. The molecule has 0 amide bonds. The standard InChI is InChI=1S/C8H11ClN2/c1-2-7(10)6-4-3-5-11-8(6)9/h3-5,7H,2,10H2,1H3/t7-/m0/s1. The molecule has 2 N–H and O–H groups in total. The molecular formula is C8H11ClN2. The van der Waals surface area contributed by atoms with E-state index in [2.05, 4.69) is 4.98 Å². The zero-order valence-electron chi connectivity index (χ0n) is 6.42. The van der Waals surface area contributed by atoms with Crippen LogP contribution < -0.4 is 5.73 Å². The van der Waals surface area contributed by atoms with Crippen LogP contribution >= 0.6 is 11.6 Å². The summed E-state index contributed by atoms with van der Waals surface area (Å²) in [6.45, 7) is 2.02. The highest BCUT2D eigenvalue weighted by molar-refractivity contribution is 6.30. The Bertz CT molecular complexity index is 237. The van der Waals surface area contributed by atoms with E-state index < -0.39 is 0 Å². The first-order chi connectivity index (χ1) is 5.25. The fourth-order valence-corrected chi connectivity index (χ4v) is 1.15. The molecule has 0 saturated carbocycles. The van der Waals surface area contributed by atoms with Crippen molar-refractivity contribution in [1.29, 1.82) is 0 Å². The molecule has 0 radical (unpaired) electrons. The Labute approximate surface area is 71.4 Å². The molecule has 1 atom stereocenters. The van der Waals surface area contributed by atoms with Gasteiger partial charge in [-0.05, 0) is 12.5 Å². The minimum Gasteiger partial charge on any atom is -0.324 e. The van der Waals surface area contributed by atoms with Crippen LogP contribution in [0.15, 0.2) is 18.3 Å². The van der Waals surface area contributed by atoms with Crippen molar-refractivity contribution < 1.29 is 0 Å². The number of nitrogens with two attached hydrogens (primary N) is 1. The summed E-state index contributed by atoms with van der Waals surface area (Å²) in [7, 11) is 0. The van der Waals surface area contributed by atoms with Crippen LogP contribution in [0.25, 0.3) is 0 Å². The predicted octanol–water partition coefficient (Wildman–Crippen LogP) is 2.14. The van der Waals surface area contributed by atoms with Gasteiger partial charge in [-0.15, -0.1) is 0 Å². The summed E-state index contributed by atoms with van der Waals surface area (Å²) in [4.78, 5) is 3.93. The second-order valence-corrected chi connectivity index (χ2v) is 2.76. The van der Waals surface area contributed by atoms with Crippen molar-refractivity contribution >= 4 is 11.6 Å². The molecule has 0 fully saturated rings. The first-order valence-electron chi connectivity index (χ1n) is 3.61. The van der Waals surface area contributed by atoms with Crippen LogP contribution in [0.3, 0.4) is 0 Å². The fourth-order valence-electron chi connectivity index (χ4n) is 0.895. The van der Waals surface area contributed by atoms with Gasteiger partial charge in [-0.1, -0.05) is 24.6 Å². The average molecular weight is 171 g/mol. The van der Waals surface area contributed by atoms with Gasteiger partial charge in [0.25, 0.3) is 0 Å². The third kappa shape index (κ3) is 1.91. The lowest BCUT2D eigenvalue weighted by atomic mass is 10.1. The number of nitrogens with zero attached hydrogens (tertiary/aromatic N) is 1. The van der Waals surface area contributed by atoms with E-state index in [1.165, 1.54) is 0 Å². The van der Waals surface area contributed by atoms with Gasteiger partial charge in [0.15, 0.2) is 0 Å². The minimum atomic E-state index is 0.0104. The lowest BCUT2D eigenvalue weighted by Crippen LogP contribution is -2.09. The fraction of sp³-hybridized carbons (Fsp3) is 0.375. The molecular weight excluding hydrogens is 160 g/mol. The second-order valence-electron chi connectivity index (χ2n) is 2.40.